The molecule has 3 rings (SSSR count). The third kappa shape index (κ3) is 5.37. The van der Waals surface area contributed by atoms with Gasteiger partial charge in [-0.2, -0.15) is 0 Å². The Kier molecular flexibility index (Phi) is 6.58. The average molecular weight is 391 g/mol. The van der Waals surface area contributed by atoms with Crippen molar-refractivity contribution in [1.82, 2.24) is 4.72 Å². The first kappa shape index (κ1) is 19.5. The van der Waals surface area contributed by atoms with Gasteiger partial charge in [0.1, 0.15) is 19.0 Å². The Labute approximate surface area is 160 Å². The number of ether oxygens (including phenoxy) is 3. The monoisotopic (exact) mass is 391 g/mol. The largest absolute Gasteiger partial charge is 0.494 e. The van der Waals surface area contributed by atoms with Crippen molar-refractivity contribution in [1.29, 1.82) is 0 Å². The van der Waals surface area contributed by atoms with Crippen molar-refractivity contribution in [2.45, 2.75) is 31.1 Å². The second kappa shape index (κ2) is 9.10. The van der Waals surface area contributed by atoms with E-state index in [4.69, 9.17) is 14.2 Å². The van der Waals surface area contributed by atoms with E-state index in [1.54, 1.807) is 24.3 Å². The van der Waals surface area contributed by atoms with E-state index in [0.717, 1.165) is 36.3 Å². The summed E-state index contributed by atoms with van der Waals surface area (Å²) in [7, 11) is -3.49. The molecule has 7 heteroatoms. The molecule has 27 heavy (non-hydrogen) atoms. The molecule has 0 saturated carbocycles. The van der Waals surface area contributed by atoms with E-state index in [9.17, 15) is 8.42 Å². The van der Waals surface area contributed by atoms with Crippen LogP contribution in [0, 0.1) is 0 Å². The Morgan fingerprint density at radius 2 is 1.74 bits per heavy atom. The molecule has 0 saturated heterocycles. The fourth-order valence-electron chi connectivity index (χ4n) is 2.87. The van der Waals surface area contributed by atoms with Crippen LogP contribution in [0.3, 0.4) is 0 Å². The molecule has 1 aliphatic heterocycles. The van der Waals surface area contributed by atoms with Gasteiger partial charge in [0, 0.05) is 6.54 Å². The Balaban J connectivity index is 1.44. The lowest BCUT2D eigenvalue weighted by Gasteiger charge is -2.18. The average Bonchev–Trinajstić information content (AvgIpc) is 2.68. The highest BCUT2D eigenvalue weighted by Crippen LogP contribution is 2.31. The fraction of sp³-hybridized carbons (Fsp3) is 0.400. The molecule has 0 amide bonds. The second-order valence-corrected chi connectivity index (χ2v) is 8.00. The highest BCUT2D eigenvalue weighted by molar-refractivity contribution is 7.89. The molecular formula is C20H25NO5S. The van der Waals surface area contributed by atoms with Crippen molar-refractivity contribution < 1.29 is 22.6 Å². The summed E-state index contributed by atoms with van der Waals surface area (Å²) >= 11 is 0. The molecule has 0 bridgehead atoms. The minimum absolute atomic E-state index is 0.248. The fourth-order valence-corrected chi connectivity index (χ4v) is 3.94. The van der Waals surface area contributed by atoms with Gasteiger partial charge >= 0.3 is 0 Å². The Morgan fingerprint density at radius 3 is 2.48 bits per heavy atom. The van der Waals surface area contributed by atoms with Gasteiger partial charge in [-0.1, -0.05) is 6.07 Å². The van der Waals surface area contributed by atoms with Crippen molar-refractivity contribution in [3.63, 3.8) is 0 Å². The SMILES string of the molecule is CCOc1ccc(S(=O)(=O)NCCCCc2ccc3c(c2)OCCO3)cc1. The Bertz CT molecular complexity index is 849. The van der Waals surface area contributed by atoms with E-state index < -0.39 is 10.0 Å². The number of unbranched alkanes of at least 4 members (excludes halogenated alkanes) is 1. The molecule has 0 atom stereocenters. The number of rotatable bonds is 9. The van der Waals surface area contributed by atoms with E-state index in [1.807, 2.05) is 25.1 Å². The van der Waals surface area contributed by atoms with Crippen LogP contribution in [0.15, 0.2) is 47.4 Å². The number of nitrogens with one attached hydrogen (secondary N) is 1. The zero-order valence-corrected chi connectivity index (χ0v) is 16.3. The van der Waals surface area contributed by atoms with E-state index in [1.165, 1.54) is 0 Å². The van der Waals surface area contributed by atoms with Crippen molar-refractivity contribution in [3.8, 4) is 17.2 Å². The van der Waals surface area contributed by atoms with Crippen molar-refractivity contribution >= 4 is 10.0 Å². The summed E-state index contributed by atoms with van der Waals surface area (Å²) in [5.74, 6) is 2.24. The summed E-state index contributed by atoms with van der Waals surface area (Å²) in [4.78, 5) is 0.248. The van der Waals surface area contributed by atoms with Gasteiger partial charge in [-0.25, -0.2) is 13.1 Å². The summed E-state index contributed by atoms with van der Waals surface area (Å²) in [6.45, 7) is 4.00. The van der Waals surface area contributed by atoms with Crippen LogP contribution in [0.2, 0.25) is 0 Å². The van der Waals surface area contributed by atoms with Gasteiger partial charge in [0.2, 0.25) is 10.0 Å². The number of fused-ring (bicyclic) bond motifs is 1. The summed E-state index contributed by atoms with van der Waals surface area (Å²) in [6.07, 6.45) is 2.50. The van der Waals surface area contributed by atoms with Gasteiger partial charge in [-0.15, -0.1) is 0 Å². The first-order chi connectivity index (χ1) is 13.1. The number of sulfonamides is 1. The Hall–Kier alpha value is -2.25. The minimum Gasteiger partial charge on any atom is -0.494 e. The Morgan fingerprint density at radius 1 is 1.00 bits per heavy atom. The molecule has 0 radical (unpaired) electrons. The molecule has 0 fully saturated rings. The lowest BCUT2D eigenvalue weighted by atomic mass is 10.1. The van der Waals surface area contributed by atoms with Crippen LogP contribution in [0.25, 0.3) is 0 Å². The van der Waals surface area contributed by atoms with Gasteiger partial charge in [-0.3, -0.25) is 0 Å². The highest BCUT2D eigenvalue weighted by atomic mass is 32.2. The number of hydrogen-bond donors (Lipinski definition) is 1. The lowest BCUT2D eigenvalue weighted by Crippen LogP contribution is -2.24. The summed E-state index contributed by atoms with van der Waals surface area (Å²) in [5.41, 5.74) is 1.16. The zero-order valence-electron chi connectivity index (χ0n) is 15.4. The molecule has 1 heterocycles. The predicted molar refractivity (Wildman–Crippen MR) is 103 cm³/mol. The van der Waals surface area contributed by atoms with Crippen molar-refractivity contribution in [3.05, 3.63) is 48.0 Å². The molecule has 1 N–H and O–H groups in total. The maximum Gasteiger partial charge on any atom is 0.240 e. The molecular weight excluding hydrogens is 366 g/mol. The third-order valence-electron chi connectivity index (χ3n) is 4.24. The molecule has 0 aromatic heterocycles. The summed E-state index contributed by atoms with van der Waals surface area (Å²) < 4.78 is 43.7. The predicted octanol–water partition coefficient (Wildman–Crippen LogP) is 3.16. The third-order valence-corrected chi connectivity index (χ3v) is 5.71. The smallest absolute Gasteiger partial charge is 0.240 e. The van der Waals surface area contributed by atoms with E-state index in [-0.39, 0.29) is 4.90 Å². The molecule has 2 aromatic carbocycles. The van der Waals surface area contributed by atoms with Gasteiger partial charge in [0.05, 0.1) is 11.5 Å². The van der Waals surface area contributed by atoms with Crippen LogP contribution in [0.4, 0.5) is 0 Å². The van der Waals surface area contributed by atoms with Gasteiger partial charge in [-0.05, 0) is 68.1 Å². The quantitative estimate of drug-likeness (QED) is 0.665. The topological polar surface area (TPSA) is 73.9 Å². The molecule has 1 aliphatic rings. The van der Waals surface area contributed by atoms with Crippen molar-refractivity contribution in [2.75, 3.05) is 26.4 Å². The standard InChI is InChI=1S/C20H25NO5S/c1-2-24-17-7-9-18(10-8-17)27(22,23)21-12-4-3-5-16-6-11-19-20(15-16)26-14-13-25-19/h6-11,15,21H,2-5,12-14H2,1H3. The van der Waals surface area contributed by atoms with Gasteiger partial charge in [0.15, 0.2) is 11.5 Å². The van der Waals surface area contributed by atoms with Crippen molar-refractivity contribution in [2.24, 2.45) is 0 Å². The number of aryl methyl sites for hydroxylation is 1. The maximum atomic E-state index is 12.3. The van der Waals surface area contributed by atoms with Crippen LogP contribution < -0.4 is 18.9 Å². The van der Waals surface area contributed by atoms with Crippen LogP contribution >= 0.6 is 0 Å². The van der Waals surface area contributed by atoms with E-state index >= 15 is 0 Å². The van der Waals surface area contributed by atoms with Crippen LogP contribution in [0.1, 0.15) is 25.3 Å². The van der Waals surface area contributed by atoms with Crippen LogP contribution in [-0.2, 0) is 16.4 Å². The molecule has 0 aliphatic carbocycles. The number of benzene rings is 2. The molecule has 146 valence electrons. The van der Waals surface area contributed by atoms with E-state index in [2.05, 4.69) is 4.72 Å². The number of hydrogen-bond acceptors (Lipinski definition) is 5. The van der Waals surface area contributed by atoms with Crippen LogP contribution in [-0.4, -0.2) is 34.8 Å². The molecule has 6 nitrogen and oxygen atoms in total. The first-order valence-electron chi connectivity index (χ1n) is 9.19. The first-order valence-corrected chi connectivity index (χ1v) is 10.7. The maximum absolute atomic E-state index is 12.3. The molecule has 0 unspecified atom stereocenters. The lowest BCUT2D eigenvalue weighted by molar-refractivity contribution is 0.171. The van der Waals surface area contributed by atoms with E-state index in [0.29, 0.717) is 32.1 Å². The van der Waals surface area contributed by atoms with Crippen LogP contribution in [0.5, 0.6) is 17.2 Å². The van der Waals surface area contributed by atoms with Gasteiger partial charge < -0.3 is 14.2 Å². The highest BCUT2D eigenvalue weighted by Gasteiger charge is 2.14. The molecule has 2 aromatic rings. The second-order valence-electron chi connectivity index (χ2n) is 6.24. The van der Waals surface area contributed by atoms with Gasteiger partial charge in [0.25, 0.3) is 0 Å². The summed E-state index contributed by atoms with van der Waals surface area (Å²) in [6, 6.07) is 12.4. The minimum atomic E-state index is -3.49. The zero-order chi connectivity index (χ0) is 19.1. The summed E-state index contributed by atoms with van der Waals surface area (Å²) in [5, 5.41) is 0. The molecule has 0 spiro atoms. The normalized spacial score (nSPS) is 13.4.